The van der Waals surface area contributed by atoms with Gasteiger partial charge in [-0.05, 0) is 39.0 Å². The average Bonchev–Trinajstić information content (AvgIpc) is 3.06. The van der Waals surface area contributed by atoms with Gasteiger partial charge in [0.25, 0.3) is 0 Å². The molecule has 3 aromatic rings. The van der Waals surface area contributed by atoms with Gasteiger partial charge in [0.15, 0.2) is 5.13 Å². The molecule has 25 heavy (non-hydrogen) atoms. The lowest BCUT2D eigenvalue weighted by Gasteiger charge is -2.04. The van der Waals surface area contributed by atoms with Crippen molar-refractivity contribution in [1.29, 1.82) is 0 Å². The van der Waals surface area contributed by atoms with E-state index in [2.05, 4.69) is 10.3 Å². The van der Waals surface area contributed by atoms with Gasteiger partial charge in [0, 0.05) is 23.5 Å². The first kappa shape index (κ1) is 17.6. The summed E-state index contributed by atoms with van der Waals surface area (Å²) in [6.45, 7) is 6.73. The van der Waals surface area contributed by atoms with Crippen LogP contribution in [0.2, 0.25) is 0 Å². The van der Waals surface area contributed by atoms with Gasteiger partial charge >= 0.3 is 4.87 Å². The molecule has 8 heteroatoms. The maximum absolute atomic E-state index is 12.2. The number of aryl methyl sites for hydroxylation is 1. The number of hydrogen-bond donors (Lipinski definition) is 1. The van der Waals surface area contributed by atoms with Gasteiger partial charge < -0.3 is 14.6 Å². The van der Waals surface area contributed by atoms with Gasteiger partial charge in [0.05, 0.1) is 16.8 Å². The number of amides is 1. The minimum Gasteiger partial charge on any atom is -0.494 e. The molecule has 0 aliphatic heterocycles. The van der Waals surface area contributed by atoms with Crippen LogP contribution in [0.4, 0.5) is 5.13 Å². The number of benzene rings is 1. The second-order valence-corrected chi connectivity index (χ2v) is 7.74. The second-order valence-electron chi connectivity index (χ2n) is 5.54. The third kappa shape index (κ3) is 3.91. The van der Waals surface area contributed by atoms with Crippen LogP contribution in [0.15, 0.2) is 23.0 Å². The highest BCUT2D eigenvalue weighted by atomic mass is 32.1. The second kappa shape index (κ2) is 7.37. The Morgan fingerprint density at radius 3 is 2.80 bits per heavy atom. The van der Waals surface area contributed by atoms with E-state index in [1.165, 1.54) is 22.7 Å². The number of thiazole rings is 2. The maximum atomic E-state index is 12.2. The maximum Gasteiger partial charge on any atom is 0.307 e. The van der Waals surface area contributed by atoms with Crippen molar-refractivity contribution >= 4 is 43.9 Å². The number of anilines is 1. The first-order valence-electron chi connectivity index (χ1n) is 7.98. The van der Waals surface area contributed by atoms with Gasteiger partial charge in [-0.2, -0.15) is 0 Å². The SMILES string of the molecule is CCOc1ccc2nc(NC(=O)CCn3c(C)c(C)sc3=O)sc2c1. The Balaban J connectivity index is 1.66. The number of nitrogens with zero attached hydrogens (tertiary/aromatic N) is 2. The standard InChI is InChI=1S/C17H19N3O3S2/c1-4-23-12-5-6-13-14(9-12)25-16(18-13)19-15(21)7-8-20-10(2)11(3)24-17(20)22/h5-6,9H,4,7-8H2,1-3H3,(H,18,19,21). The molecular formula is C17H19N3O3S2. The molecule has 0 saturated carbocycles. The van der Waals surface area contributed by atoms with Crippen LogP contribution >= 0.6 is 22.7 Å². The number of ether oxygens (including phenoxy) is 1. The van der Waals surface area contributed by atoms with Crippen LogP contribution in [0.5, 0.6) is 5.75 Å². The summed E-state index contributed by atoms with van der Waals surface area (Å²) < 4.78 is 8.08. The van der Waals surface area contributed by atoms with E-state index in [9.17, 15) is 9.59 Å². The van der Waals surface area contributed by atoms with Crippen LogP contribution in [-0.4, -0.2) is 22.1 Å². The molecule has 1 N–H and O–H groups in total. The summed E-state index contributed by atoms with van der Waals surface area (Å²) in [7, 11) is 0. The zero-order valence-electron chi connectivity index (χ0n) is 14.3. The Hall–Kier alpha value is -2.19. The molecule has 3 rings (SSSR count). The van der Waals surface area contributed by atoms with Gasteiger partial charge in [-0.15, -0.1) is 0 Å². The van der Waals surface area contributed by atoms with Crippen molar-refractivity contribution in [2.24, 2.45) is 0 Å². The van der Waals surface area contributed by atoms with Crippen molar-refractivity contribution in [2.45, 2.75) is 33.7 Å². The molecule has 0 saturated heterocycles. The Kier molecular flexibility index (Phi) is 5.19. The van der Waals surface area contributed by atoms with E-state index >= 15 is 0 Å². The molecule has 0 aliphatic carbocycles. The van der Waals surface area contributed by atoms with Crippen LogP contribution in [0.25, 0.3) is 10.2 Å². The average molecular weight is 377 g/mol. The molecule has 2 aromatic heterocycles. The fourth-order valence-corrected chi connectivity index (χ4v) is 4.22. The van der Waals surface area contributed by atoms with E-state index in [0.29, 0.717) is 18.3 Å². The molecule has 132 valence electrons. The van der Waals surface area contributed by atoms with Crippen molar-refractivity contribution < 1.29 is 9.53 Å². The third-order valence-corrected chi connectivity index (χ3v) is 5.79. The Morgan fingerprint density at radius 2 is 2.12 bits per heavy atom. The van der Waals surface area contributed by atoms with Crippen molar-refractivity contribution in [3.8, 4) is 5.75 Å². The highest BCUT2D eigenvalue weighted by Crippen LogP contribution is 2.29. The van der Waals surface area contributed by atoms with E-state index < -0.39 is 0 Å². The van der Waals surface area contributed by atoms with Gasteiger partial charge in [0.2, 0.25) is 5.91 Å². The summed E-state index contributed by atoms with van der Waals surface area (Å²) in [4.78, 5) is 29.4. The number of rotatable bonds is 6. The Morgan fingerprint density at radius 1 is 1.32 bits per heavy atom. The fourth-order valence-electron chi connectivity index (χ4n) is 2.46. The lowest BCUT2D eigenvalue weighted by molar-refractivity contribution is -0.116. The summed E-state index contributed by atoms with van der Waals surface area (Å²) in [6.07, 6.45) is 0.233. The first-order chi connectivity index (χ1) is 12.0. The van der Waals surface area contributed by atoms with Gasteiger partial charge in [0.1, 0.15) is 5.75 Å². The lowest BCUT2D eigenvalue weighted by Crippen LogP contribution is -2.20. The Labute approximate surface area is 153 Å². The van der Waals surface area contributed by atoms with Crippen molar-refractivity contribution in [1.82, 2.24) is 9.55 Å². The number of aromatic nitrogens is 2. The zero-order valence-corrected chi connectivity index (χ0v) is 15.9. The van der Waals surface area contributed by atoms with Crippen molar-refractivity contribution in [3.63, 3.8) is 0 Å². The monoisotopic (exact) mass is 377 g/mol. The molecule has 0 radical (unpaired) electrons. The number of carbonyl (C=O) groups excluding carboxylic acids is 1. The molecule has 0 atom stereocenters. The molecule has 0 unspecified atom stereocenters. The van der Waals surface area contributed by atoms with E-state index in [-0.39, 0.29) is 17.2 Å². The number of fused-ring (bicyclic) bond motifs is 1. The van der Waals surface area contributed by atoms with Gasteiger partial charge in [-0.25, -0.2) is 4.98 Å². The van der Waals surface area contributed by atoms with Crippen LogP contribution in [-0.2, 0) is 11.3 Å². The predicted octanol–water partition coefficient (Wildman–Crippen LogP) is 3.56. The van der Waals surface area contributed by atoms with Crippen molar-refractivity contribution in [3.05, 3.63) is 38.4 Å². The van der Waals surface area contributed by atoms with Gasteiger partial charge in [-0.3, -0.25) is 9.59 Å². The molecule has 2 heterocycles. The quantitative estimate of drug-likeness (QED) is 0.713. The van der Waals surface area contributed by atoms with E-state index in [4.69, 9.17) is 4.74 Å². The summed E-state index contributed by atoms with van der Waals surface area (Å²) in [6, 6.07) is 5.66. The minimum absolute atomic E-state index is 0.0220. The lowest BCUT2D eigenvalue weighted by atomic mass is 10.3. The predicted molar refractivity (Wildman–Crippen MR) is 102 cm³/mol. The van der Waals surface area contributed by atoms with Crippen LogP contribution < -0.4 is 14.9 Å². The summed E-state index contributed by atoms with van der Waals surface area (Å²) in [5, 5.41) is 3.37. The van der Waals surface area contributed by atoms with Crippen LogP contribution in [0.3, 0.4) is 0 Å². The van der Waals surface area contributed by atoms with E-state index in [1.807, 2.05) is 39.0 Å². The number of carbonyl (C=O) groups is 1. The number of hydrogen-bond acceptors (Lipinski definition) is 6. The summed E-state index contributed by atoms with van der Waals surface area (Å²) in [5.41, 5.74) is 1.75. The fraction of sp³-hybridized carbons (Fsp3) is 0.353. The molecule has 1 amide bonds. The molecule has 0 fully saturated rings. The molecule has 0 spiro atoms. The van der Waals surface area contributed by atoms with E-state index in [1.54, 1.807) is 4.57 Å². The highest BCUT2D eigenvalue weighted by Gasteiger charge is 2.12. The van der Waals surface area contributed by atoms with Crippen molar-refractivity contribution in [2.75, 3.05) is 11.9 Å². The topological polar surface area (TPSA) is 73.2 Å². The number of nitrogens with one attached hydrogen (secondary N) is 1. The molecule has 0 aliphatic rings. The molecule has 1 aromatic carbocycles. The van der Waals surface area contributed by atoms with Gasteiger partial charge in [-0.1, -0.05) is 22.7 Å². The summed E-state index contributed by atoms with van der Waals surface area (Å²) in [5.74, 6) is 0.637. The smallest absolute Gasteiger partial charge is 0.307 e. The zero-order chi connectivity index (χ0) is 18.0. The van der Waals surface area contributed by atoms with E-state index in [0.717, 1.165) is 26.5 Å². The molecular weight excluding hydrogens is 358 g/mol. The van der Waals surface area contributed by atoms with Crippen LogP contribution in [0.1, 0.15) is 23.9 Å². The minimum atomic E-state index is -0.153. The highest BCUT2D eigenvalue weighted by molar-refractivity contribution is 7.22. The summed E-state index contributed by atoms with van der Waals surface area (Å²) >= 11 is 2.62. The molecule has 0 bridgehead atoms. The van der Waals surface area contributed by atoms with Crippen LogP contribution in [0, 0.1) is 13.8 Å². The third-order valence-electron chi connectivity index (χ3n) is 3.85. The first-order valence-corrected chi connectivity index (χ1v) is 9.61. The normalized spacial score (nSPS) is 11.0. The Bertz CT molecular complexity index is 971. The largest absolute Gasteiger partial charge is 0.494 e. The molecule has 6 nitrogen and oxygen atoms in total.